The van der Waals surface area contributed by atoms with Crippen molar-refractivity contribution in [3.63, 3.8) is 0 Å². The molecule has 2 rings (SSSR count). The van der Waals surface area contributed by atoms with E-state index in [0.29, 0.717) is 6.54 Å². The second-order valence-electron chi connectivity index (χ2n) is 4.85. The van der Waals surface area contributed by atoms with Crippen LogP contribution in [-0.4, -0.2) is 22.4 Å². The fourth-order valence-corrected chi connectivity index (χ4v) is 2.08. The Bertz CT molecular complexity index is 809. The van der Waals surface area contributed by atoms with E-state index in [2.05, 4.69) is 15.6 Å². The number of carbonyl (C=O) groups is 1. The highest BCUT2D eigenvalue weighted by Gasteiger charge is 2.35. The summed E-state index contributed by atoms with van der Waals surface area (Å²) in [4.78, 5) is 26.3. The number of amides is 1. The van der Waals surface area contributed by atoms with Gasteiger partial charge in [-0.2, -0.15) is 13.2 Å². The van der Waals surface area contributed by atoms with E-state index >= 15 is 0 Å². The number of anilines is 2. The highest BCUT2D eigenvalue weighted by atomic mass is 19.4. The average Bonchev–Trinajstić information content (AvgIpc) is 2.54. The Morgan fingerprint density at radius 2 is 1.92 bits per heavy atom. The molecule has 0 atom stereocenters. The molecule has 0 spiro atoms. The van der Waals surface area contributed by atoms with Crippen LogP contribution in [0.4, 0.5) is 30.5 Å². The summed E-state index contributed by atoms with van der Waals surface area (Å²) < 4.78 is 38.9. The predicted molar refractivity (Wildman–Crippen MR) is 84.5 cm³/mol. The van der Waals surface area contributed by atoms with E-state index < -0.39 is 28.1 Å². The first-order valence-corrected chi connectivity index (χ1v) is 7.11. The minimum atomic E-state index is -4.69. The normalized spacial score (nSPS) is 11.0. The van der Waals surface area contributed by atoms with Crippen molar-refractivity contribution in [1.82, 2.24) is 4.98 Å². The molecule has 0 bridgehead atoms. The average molecular weight is 354 g/mol. The maximum Gasteiger partial charge on any atom is 0.417 e. The number of benzene rings is 1. The molecule has 2 aromatic rings. The van der Waals surface area contributed by atoms with Gasteiger partial charge in [0.2, 0.25) is 5.82 Å². The van der Waals surface area contributed by atoms with E-state index in [0.717, 1.165) is 24.3 Å². The minimum absolute atomic E-state index is 0.0885. The molecule has 2 N–H and O–H groups in total. The molecule has 0 saturated carbocycles. The molecule has 0 fully saturated rings. The van der Waals surface area contributed by atoms with E-state index in [1.54, 1.807) is 6.92 Å². The molecule has 0 radical (unpaired) electrons. The Balaban J connectivity index is 2.33. The summed E-state index contributed by atoms with van der Waals surface area (Å²) >= 11 is 0. The Hall–Kier alpha value is -3.17. The van der Waals surface area contributed by atoms with Gasteiger partial charge in [-0.1, -0.05) is 12.1 Å². The van der Waals surface area contributed by atoms with Gasteiger partial charge in [-0.3, -0.25) is 14.9 Å². The quantitative estimate of drug-likeness (QED) is 0.630. The summed E-state index contributed by atoms with van der Waals surface area (Å²) in [5, 5.41) is 15.8. The summed E-state index contributed by atoms with van der Waals surface area (Å²) in [6, 6.07) is 6.56. The SMILES string of the molecule is CCNc1nc(NC(=O)c2ccccc2C(F)(F)F)ccc1[N+](=O)[O-]. The van der Waals surface area contributed by atoms with Crippen LogP contribution in [0.15, 0.2) is 36.4 Å². The van der Waals surface area contributed by atoms with Crippen LogP contribution in [0.5, 0.6) is 0 Å². The van der Waals surface area contributed by atoms with Gasteiger partial charge in [-0.15, -0.1) is 0 Å². The smallest absolute Gasteiger partial charge is 0.365 e. The molecule has 25 heavy (non-hydrogen) atoms. The second-order valence-corrected chi connectivity index (χ2v) is 4.85. The molecule has 10 heteroatoms. The van der Waals surface area contributed by atoms with E-state index in [4.69, 9.17) is 0 Å². The van der Waals surface area contributed by atoms with E-state index in [1.807, 2.05) is 0 Å². The van der Waals surface area contributed by atoms with Crippen molar-refractivity contribution in [1.29, 1.82) is 0 Å². The van der Waals surface area contributed by atoms with Crippen molar-refractivity contribution in [2.45, 2.75) is 13.1 Å². The van der Waals surface area contributed by atoms with Gasteiger partial charge >= 0.3 is 11.9 Å². The van der Waals surface area contributed by atoms with Crippen molar-refractivity contribution in [3.05, 3.63) is 57.6 Å². The van der Waals surface area contributed by atoms with Crippen molar-refractivity contribution in [3.8, 4) is 0 Å². The molecule has 7 nitrogen and oxygen atoms in total. The van der Waals surface area contributed by atoms with Crippen LogP contribution in [0, 0.1) is 10.1 Å². The lowest BCUT2D eigenvalue weighted by Crippen LogP contribution is -2.19. The van der Waals surface area contributed by atoms with Crippen LogP contribution in [0.25, 0.3) is 0 Å². The van der Waals surface area contributed by atoms with Crippen LogP contribution < -0.4 is 10.6 Å². The van der Waals surface area contributed by atoms with Gasteiger partial charge in [-0.05, 0) is 25.1 Å². The lowest BCUT2D eigenvalue weighted by Gasteiger charge is -2.13. The number of alkyl halides is 3. The van der Waals surface area contributed by atoms with Gasteiger partial charge < -0.3 is 10.6 Å². The monoisotopic (exact) mass is 354 g/mol. The summed E-state index contributed by atoms with van der Waals surface area (Å²) in [7, 11) is 0. The molecule has 132 valence electrons. The molecule has 1 heterocycles. The van der Waals surface area contributed by atoms with Crippen LogP contribution in [0.1, 0.15) is 22.8 Å². The van der Waals surface area contributed by atoms with Gasteiger partial charge in [0, 0.05) is 12.6 Å². The molecular formula is C15H13F3N4O3. The molecule has 1 aromatic carbocycles. The Morgan fingerprint density at radius 1 is 1.24 bits per heavy atom. The van der Waals surface area contributed by atoms with E-state index in [1.165, 1.54) is 12.1 Å². The zero-order valence-corrected chi connectivity index (χ0v) is 12.9. The third kappa shape index (κ3) is 4.22. The van der Waals surface area contributed by atoms with Crippen LogP contribution in [0.3, 0.4) is 0 Å². The highest BCUT2D eigenvalue weighted by molar-refractivity contribution is 6.05. The van der Waals surface area contributed by atoms with E-state index in [-0.39, 0.29) is 17.3 Å². The number of hydrogen-bond acceptors (Lipinski definition) is 5. The number of rotatable bonds is 5. The molecule has 0 aliphatic heterocycles. The summed E-state index contributed by atoms with van der Waals surface area (Å²) in [5.41, 5.74) is -1.96. The van der Waals surface area contributed by atoms with Crippen LogP contribution >= 0.6 is 0 Å². The number of nitrogens with one attached hydrogen (secondary N) is 2. The molecule has 0 unspecified atom stereocenters. The van der Waals surface area contributed by atoms with Gasteiger partial charge in [-0.25, -0.2) is 4.98 Å². The number of nitro groups is 1. The third-order valence-electron chi connectivity index (χ3n) is 3.13. The second kappa shape index (κ2) is 7.16. The Morgan fingerprint density at radius 3 is 2.52 bits per heavy atom. The third-order valence-corrected chi connectivity index (χ3v) is 3.13. The summed E-state index contributed by atoms with van der Waals surface area (Å²) in [6.45, 7) is 2.03. The zero-order valence-electron chi connectivity index (χ0n) is 12.9. The summed E-state index contributed by atoms with van der Waals surface area (Å²) in [6.07, 6.45) is -4.69. The first-order chi connectivity index (χ1) is 11.7. The molecule has 1 amide bonds. The first kappa shape index (κ1) is 18.2. The van der Waals surface area contributed by atoms with Crippen molar-refractivity contribution in [2.24, 2.45) is 0 Å². The maximum absolute atomic E-state index is 13.0. The Labute approximate surface area is 140 Å². The van der Waals surface area contributed by atoms with Gasteiger partial charge in [0.25, 0.3) is 5.91 Å². The van der Waals surface area contributed by atoms with Crippen molar-refractivity contribution in [2.75, 3.05) is 17.2 Å². The first-order valence-electron chi connectivity index (χ1n) is 7.11. The summed E-state index contributed by atoms with van der Waals surface area (Å²) in [5.74, 6) is -1.21. The van der Waals surface area contributed by atoms with Gasteiger partial charge in [0.15, 0.2) is 0 Å². The van der Waals surface area contributed by atoms with Gasteiger partial charge in [0.1, 0.15) is 5.82 Å². The van der Waals surface area contributed by atoms with Crippen molar-refractivity contribution < 1.29 is 22.9 Å². The van der Waals surface area contributed by atoms with Gasteiger partial charge in [0.05, 0.1) is 16.1 Å². The molecule has 0 saturated heterocycles. The fourth-order valence-electron chi connectivity index (χ4n) is 2.08. The minimum Gasteiger partial charge on any atom is -0.365 e. The fraction of sp³-hybridized carbons (Fsp3) is 0.200. The van der Waals surface area contributed by atoms with Crippen LogP contribution in [0.2, 0.25) is 0 Å². The number of carbonyl (C=O) groups excluding carboxylic acids is 1. The number of pyridine rings is 1. The number of hydrogen-bond donors (Lipinski definition) is 2. The maximum atomic E-state index is 13.0. The van der Waals surface area contributed by atoms with E-state index in [9.17, 15) is 28.1 Å². The Kier molecular flexibility index (Phi) is 5.20. The number of halogens is 3. The van der Waals surface area contributed by atoms with Crippen LogP contribution in [-0.2, 0) is 6.18 Å². The molecular weight excluding hydrogens is 341 g/mol. The number of aromatic nitrogens is 1. The van der Waals surface area contributed by atoms with Crippen molar-refractivity contribution >= 4 is 23.2 Å². The molecule has 1 aromatic heterocycles. The highest BCUT2D eigenvalue weighted by Crippen LogP contribution is 2.32. The predicted octanol–water partition coefficient (Wildman–Crippen LogP) is 3.69. The standard InChI is InChI=1S/C15H13F3N4O3/c1-2-19-13-11(22(24)25)7-8-12(20-13)21-14(23)9-5-3-4-6-10(9)15(16,17)18/h3-8H,2H2,1H3,(H2,19,20,21,23). The zero-order chi connectivity index (χ0) is 18.6. The topological polar surface area (TPSA) is 97.2 Å². The number of nitrogens with zero attached hydrogens (tertiary/aromatic N) is 2. The molecule has 0 aliphatic rings. The largest absolute Gasteiger partial charge is 0.417 e. The lowest BCUT2D eigenvalue weighted by molar-refractivity contribution is -0.384. The lowest BCUT2D eigenvalue weighted by atomic mass is 10.1. The molecule has 0 aliphatic carbocycles.